The van der Waals surface area contributed by atoms with Crippen molar-refractivity contribution in [2.45, 2.75) is 92.2 Å². The van der Waals surface area contributed by atoms with Crippen LogP contribution in [-0.4, -0.2) is 23.7 Å². The number of carbonyl (C=O) groups excluding carboxylic acids is 2. The van der Waals surface area contributed by atoms with Gasteiger partial charge in [-0.1, -0.05) is 27.2 Å². The molecule has 0 saturated heterocycles. The molecule has 2 aromatic rings. The molecule has 0 radical (unpaired) electrons. The van der Waals surface area contributed by atoms with E-state index in [4.69, 9.17) is 13.9 Å². The van der Waals surface area contributed by atoms with Gasteiger partial charge in [0.2, 0.25) is 0 Å². The van der Waals surface area contributed by atoms with Crippen LogP contribution in [0.2, 0.25) is 0 Å². The van der Waals surface area contributed by atoms with Gasteiger partial charge in [-0.25, -0.2) is 14.4 Å². The summed E-state index contributed by atoms with van der Waals surface area (Å²) in [6, 6.07) is 4.11. The van der Waals surface area contributed by atoms with Crippen molar-refractivity contribution in [3.05, 3.63) is 39.7 Å². The molecule has 1 heterocycles. The van der Waals surface area contributed by atoms with Crippen molar-refractivity contribution in [1.82, 2.24) is 5.32 Å². The zero-order valence-corrected chi connectivity index (χ0v) is 20.9. The summed E-state index contributed by atoms with van der Waals surface area (Å²) in [6.07, 6.45) is 2.98. The first-order valence-electron chi connectivity index (χ1n) is 11.7. The average Bonchev–Trinajstić information content (AvgIpc) is 2.66. The maximum atomic E-state index is 13.2. The summed E-state index contributed by atoms with van der Waals surface area (Å²) in [7, 11) is 0. The second-order valence-corrected chi connectivity index (χ2v) is 9.92. The molecule has 1 aromatic heterocycles. The Bertz CT molecular complexity index is 1030. The first-order valence-corrected chi connectivity index (χ1v) is 11.7. The van der Waals surface area contributed by atoms with Crippen molar-refractivity contribution in [3.8, 4) is 5.75 Å². The third kappa shape index (κ3) is 8.22. The summed E-state index contributed by atoms with van der Waals surface area (Å²) in [5, 5.41) is 3.27. The Hall–Kier alpha value is -2.83. The van der Waals surface area contributed by atoms with Crippen molar-refractivity contribution in [1.29, 1.82) is 0 Å². The van der Waals surface area contributed by atoms with Gasteiger partial charge in [0.05, 0.1) is 5.39 Å². The molecule has 0 aliphatic carbocycles. The van der Waals surface area contributed by atoms with Crippen LogP contribution in [0.15, 0.2) is 27.4 Å². The Labute approximate surface area is 195 Å². The molecule has 0 fully saturated rings. The second-order valence-electron chi connectivity index (χ2n) is 9.92. The number of unbranched alkanes of at least 4 members (excludes halogenated alkanes) is 1. The number of alkyl carbamates (subject to hydrolysis) is 1. The highest BCUT2D eigenvalue weighted by atomic mass is 16.6. The molecule has 182 valence electrons. The lowest BCUT2D eigenvalue weighted by molar-refractivity contribution is -0.137. The van der Waals surface area contributed by atoms with Crippen LogP contribution in [0.3, 0.4) is 0 Å². The van der Waals surface area contributed by atoms with Gasteiger partial charge in [0, 0.05) is 6.07 Å². The molecule has 1 unspecified atom stereocenters. The third-order valence-corrected chi connectivity index (χ3v) is 5.05. The predicted molar refractivity (Wildman–Crippen MR) is 129 cm³/mol. The molecule has 0 saturated carbocycles. The molecule has 0 aliphatic heterocycles. The first-order chi connectivity index (χ1) is 15.4. The van der Waals surface area contributed by atoms with Crippen LogP contribution in [0.5, 0.6) is 5.75 Å². The number of carbonyl (C=O) groups is 2. The molecular formula is C26H37NO6. The Balaban J connectivity index is 2.39. The van der Waals surface area contributed by atoms with Crippen molar-refractivity contribution < 1.29 is 23.5 Å². The van der Waals surface area contributed by atoms with Crippen LogP contribution in [0, 0.1) is 12.8 Å². The smallest absolute Gasteiger partial charge is 0.408 e. The van der Waals surface area contributed by atoms with Crippen molar-refractivity contribution in [2.24, 2.45) is 5.92 Å². The lowest BCUT2D eigenvalue weighted by Gasteiger charge is -2.23. The predicted octanol–water partition coefficient (Wildman–Crippen LogP) is 5.68. The monoisotopic (exact) mass is 459 g/mol. The molecular weight excluding hydrogens is 422 g/mol. The highest BCUT2D eigenvalue weighted by Crippen LogP contribution is 2.31. The summed E-state index contributed by atoms with van der Waals surface area (Å²) in [5.41, 5.74) is 0.840. The van der Waals surface area contributed by atoms with E-state index in [9.17, 15) is 14.4 Å². The van der Waals surface area contributed by atoms with Crippen molar-refractivity contribution >= 4 is 23.0 Å². The van der Waals surface area contributed by atoms with Crippen molar-refractivity contribution in [3.63, 3.8) is 0 Å². The lowest BCUT2D eigenvalue weighted by Crippen LogP contribution is -2.45. The summed E-state index contributed by atoms with van der Waals surface area (Å²) in [4.78, 5) is 37.6. The molecule has 0 bridgehead atoms. The summed E-state index contributed by atoms with van der Waals surface area (Å²) in [5.74, 6) is 0.0851. The van der Waals surface area contributed by atoms with Crippen LogP contribution in [0.4, 0.5) is 4.79 Å². The SMILES string of the molecule is CCCCc1cc(=O)oc2cc(C)cc(OC(=O)C(CCC(C)C)NC(=O)OC(C)(C)C)c12. The average molecular weight is 460 g/mol. The van der Waals surface area contributed by atoms with E-state index in [1.165, 1.54) is 6.07 Å². The van der Waals surface area contributed by atoms with E-state index < -0.39 is 29.3 Å². The molecule has 1 N–H and O–H groups in total. The Morgan fingerprint density at radius 2 is 1.82 bits per heavy atom. The topological polar surface area (TPSA) is 94.8 Å². The fourth-order valence-electron chi connectivity index (χ4n) is 3.49. The summed E-state index contributed by atoms with van der Waals surface area (Å²) in [6.45, 7) is 13.3. The number of fused-ring (bicyclic) bond motifs is 1. The third-order valence-electron chi connectivity index (χ3n) is 5.05. The van der Waals surface area contributed by atoms with Gasteiger partial charge in [0.15, 0.2) is 0 Å². The van der Waals surface area contributed by atoms with E-state index in [-0.39, 0.29) is 0 Å². The summed E-state index contributed by atoms with van der Waals surface area (Å²) >= 11 is 0. The minimum atomic E-state index is -0.868. The number of esters is 1. The lowest BCUT2D eigenvalue weighted by atomic mass is 10.0. The number of hydrogen-bond acceptors (Lipinski definition) is 6. The van der Waals surface area contributed by atoms with E-state index in [1.807, 2.05) is 20.8 Å². The van der Waals surface area contributed by atoms with Crippen LogP contribution in [0.25, 0.3) is 11.0 Å². The van der Waals surface area contributed by atoms with Gasteiger partial charge in [-0.3, -0.25) is 0 Å². The van der Waals surface area contributed by atoms with E-state index >= 15 is 0 Å². The number of aryl methyl sites for hydroxylation is 2. The zero-order valence-electron chi connectivity index (χ0n) is 20.9. The van der Waals surface area contributed by atoms with E-state index in [1.54, 1.807) is 32.9 Å². The minimum absolute atomic E-state index is 0.324. The quantitative estimate of drug-likeness (QED) is 0.294. The van der Waals surface area contributed by atoms with Crippen LogP contribution >= 0.6 is 0 Å². The van der Waals surface area contributed by atoms with E-state index in [0.29, 0.717) is 35.5 Å². The molecule has 1 amide bonds. The van der Waals surface area contributed by atoms with Gasteiger partial charge < -0.3 is 19.2 Å². The fraction of sp³-hybridized carbons (Fsp3) is 0.577. The van der Waals surface area contributed by atoms with Crippen LogP contribution in [0.1, 0.15) is 78.4 Å². The zero-order chi connectivity index (χ0) is 24.8. The number of benzene rings is 1. The Kier molecular flexibility index (Phi) is 9.08. The molecule has 0 aliphatic rings. The van der Waals surface area contributed by atoms with Gasteiger partial charge in [-0.15, -0.1) is 0 Å². The maximum Gasteiger partial charge on any atom is 0.408 e. The van der Waals surface area contributed by atoms with Crippen LogP contribution in [-0.2, 0) is 16.0 Å². The first kappa shape index (κ1) is 26.4. The number of hydrogen-bond donors (Lipinski definition) is 1. The van der Waals surface area contributed by atoms with Gasteiger partial charge in [-0.2, -0.15) is 0 Å². The molecule has 1 atom stereocenters. The number of rotatable bonds is 9. The van der Waals surface area contributed by atoms with Gasteiger partial charge in [0.25, 0.3) is 0 Å². The fourth-order valence-corrected chi connectivity index (χ4v) is 3.49. The second kappa shape index (κ2) is 11.3. The van der Waals surface area contributed by atoms with Gasteiger partial charge in [0.1, 0.15) is 23.0 Å². The minimum Gasteiger partial charge on any atom is -0.444 e. The number of ether oxygens (including phenoxy) is 2. The number of amides is 1. The molecule has 0 spiro atoms. The summed E-state index contributed by atoms with van der Waals surface area (Å²) < 4.78 is 16.6. The molecule has 2 rings (SSSR count). The van der Waals surface area contributed by atoms with Crippen molar-refractivity contribution in [2.75, 3.05) is 0 Å². The molecule has 1 aromatic carbocycles. The molecule has 7 heteroatoms. The van der Waals surface area contributed by atoms with Crippen LogP contribution < -0.4 is 15.7 Å². The highest BCUT2D eigenvalue weighted by molar-refractivity contribution is 5.91. The molecule has 7 nitrogen and oxygen atoms in total. The number of nitrogens with one attached hydrogen (secondary N) is 1. The standard InChI is InChI=1S/C26H37NO6/c1-8-9-10-18-15-22(28)31-20-13-17(4)14-21(23(18)20)32-24(29)19(12-11-16(2)3)27-25(30)33-26(5,6)7/h13-16,19H,8-12H2,1-7H3,(H,27,30). The Morgan fingerprint density at radius 3 is 2.42 bits per heavy atom. The van der Waals surface area contributed by atoms with Gasteiger partial charge in [-0.05, 0) is 82.6 Å². The largest absolute Gasteiger partial charge is 0.444 e. The highest BCUT2D eigenvalue weighted by Gasteiger charge is 2.27. The molecule has 33 heavy (non-hydrogen) atoms. The van der Waals surface area contributed by atoms with E-state index in [2.05, 4.69) is 12.2 Å². The maximum absolute atomic E-state index is 13.2. The van der Waals surface area contributed by atoms with Gasteiger partial charge >= 0.3 is 17.7 Å². The normalized spacial score (nSPS) is 12.6. The Morgan fingerprint density at radius 1 is 1.12 bits per heavy atom. The van der Waals surface area contributed by atoms with E-state index in [0.717, 1.165) is 30.4 Å².